The third kappa shape index (κ3) is 6.60. The molecule has 2 heterocycles. The summed E-state index contributed by atoms with van der Waals surface area (Å²) in [5, 5.41) is 13.0. The first kappa shape index (κ1) is 23.8. The monoisotopic (exact) mass is 473 g/mol. The molecule has 0 saturated carbocycles. The Bertz CT molecular complexity index is 1170. The van der Waals surface area contributed by atoms with Crippen LogP contribution in [0.4, 0.5) is 0 Å². The fraction of sp³-hybridized carbons (Fsp3) is 0.286. The van der Waals surface area contributed by atoms with Crippen LogP contribution in [-0.4, -0.2) is 47.5 Å². The highest BCUT2D eigenvalue weighted by molar-refractivity contribution is 6.30. The Labute approximate surface area is 206 Å². The maximum Gasteiger partial charge on any atom is 0.128 e. The van der Waals surface area contributed by atoms with E-state index in [1.165, 1.54) is 19.1 Å². The van der Waals surface area contributed by atoms with Crippen LogP contribution in [0.3, 0.4) is 0 Å². The molecule has 174 valence electrons. The lowest BCUT2D eigenvalue weighted by atomic mass is 9.99. The predicted octanol–water partition coefficient (Wildman–Crippen LogP) is 5.72. The van der Waals surface area contributed by atoms with Crippen LogP contribution in [0.5, 0.6) is 5.75 Å². The summed E-state index contributed by atoms with van der Waals surface area (Å²) >= 11 is 5.96. The topological polar surface area (TPSA) is 58.0 Å². The second-order valence-electron chi connectivity index (χ2n) is 8.56. The van der Waals surface area contributed by atoms with Crippen LogP contribution < -0.4 is 4.74 Å². The molecule has 1 aliphatic rings. The summed E-state index contributed by atoms with van der Waals surface area (Å²) in [7, 11) is 0. The second kappa shape index (κ2) is 11.7. The summed E-state index contributed by atoms with van der Waals surface area (Å²) in [4.78, 5) is 6.89. The molecule has 0 radical (unpaired) electrons. The molecular weight excluding hydrogens is 446 g/mol. The summed E-state index contributed by atoms with van der Waals surface area (Å²) in [5.41, 5.74) is 4.20. The van der Waals surface area contributed by atoms with Crippen molar-refractivity contribution in [2.24, 2.45) is 11.1 Å². The molecule has 1 N–H and O–H groups in total. The molecule has 0 aliphatic carbocycles. The van der Waals surface area contributed by atoms with Gasteiger partial charge in [0, 0.05) is 34.5 Å². The van der Waals surface area contributed by atoms with Crippen molar-refractivity contribution in [3.05, 3.63) is 82.6 Å². The first-order chi connectivity index (χ1) is 16.6. The van der Waals surface area contributed by atoms with Crippen LogP contribution >= 0.6 is 11.6 Å². The Kier molecular flexibility index (Phi) is 8.19. The van der Waals surface area contributed by atoms with E-state index in [0.717, 1.165) is 42.2 Å². The highest BCUT2D eigenvalue weighted by Gasteiger charge is 2.15. The number of ether oxygens (including phenoxy) is 1. The Morgan fingerprint density at radius 1 is 1.09 bits per heavy atom. The average Bonchev–Trinajstić information content (AvgIpc) is 2.86. The van der Waals surface area contributed by atoms with Gasteiger partial charge in [-0.25, -0.2) is 4.98 Å². The van der Waals surface area contributed by atoms with Crippen molar-refractivity contribution in [1.29, 1.82) is 0 Å². The molecule has 1 fully saturated rings. The zero-order valence-corrected chi connectivity index (χ0v) is 20.0. The molecule has 34 heavy (non-hydrogen) atoms. The average molecular weight is 474 g/mol. The van der Waals surface area contributed by atoms with E-state index in [2.05, 4.69) is 33.8 Å². The molecule has 0 atom stereocenters. The van der Waals surface area contributed by atoms with Gasteiger partial charge in [-0.1, -0.05) is 47.8 Å². The van der Waals surface area contributed by atoms with Gasteiger partial charge < -0.3 is 9.94 Å². The SMILES string of the molecule is CC1CCN(CCOc2ccc(C#Cc3ccc(-c4ccc(Cl)cc4)cn3)cc2C=NO)CC1. The van der Waals surface area contributed by atoms with Gasteiger partial charge in [-0.05, 0) is 79.7 Å². The molecular formula is C28H28ClN3O2. The summed E-state index contributed by atoms with van der Waals surface area (Å²) in [6, 6.07) is 17.2. The van der Waals surface area contributed by atoms with Gasteiger partial charge in [0.25, 0.3) is 0 Å². The summed E-state index contributed by atoms with van der Waals surface area (Å²) in [5.74, 6) is 7.71. The Hall–Kier alpha value is -3.33. The van der Waals surface area contributed by atoms with Gasteiger partial charge in [0.05, 0.1) is 6.21 Å². The van der Waals surface area contributed by atoms with Crippen molar-refractivity contribution in [3.8, 4) is 28.7 Å². The van der Waals surface area contributed by atoms with E-state index in [1.807, 2.05) is 54.6 Å². The minimum Gasteiger partial charge on any atom is -0.492 e. The minimum absolute atomic E-state index is 0.593. The van der Waals surface area contributed by atoms with Crippen molar-refractivity contribution >= 4 is 17.8 Å². The predicted molar refractivity (Wildman–Crippen MR) is 137 cm³/mol. The number of nitrogens with zero attached hydrogens (tertiary/aromatic N) is 3. The quantitative estimate of drug-likeness (QED) is 0.215. The molecule has 6 heteroatoms. The van der Waals surface area contributed by atoms with Crippen molar-refractivity contribution in [1.82, 2.24) is 9.88 Å². The molecule has 3 aromatic rings. The number of hydrogen-bond donors (Lipinski definition) is 1. The molecule has 5 nitrogen and oxygen atoms in total. The fourth-order valence-corrected chi connectivity index (χ4v) is 4.03. The number of piperidine rings is 1. The van der Waals surface area contributed by atoms with Crippen LogP contribution in [-0.2, 0) is 0 Å². The lowest BCUT2D eigenvalue weighted by molar-refractivity contribution is 0.160. The zero-order valence-electron chi connectivity index (χ0n) is 19.2. The first-order valence-corrected chi connectivity index (χ1v) is 11.9. The zero-order chi connectivity index (χ0) is 23.8. The van der Waals surface area contributed by atoms with Gasteiger partial charge in [-0.3, -0.25) is 4.90 Å². The number of rotatable bonds is 6. The molecule has 1 aromatic heterocycles. The van der Waals surface area contributed by atoms with E-state index in [4.69, 9.17) is 21.5 Å². The summed E-state index contributed by atoms with van der Waals surface area (Å²) in [6.07, 6.45) is 5.67. The molecule has 0 spiro atoms. The third-order valence-electron chi connectivity index (χ3n) is 6.02. The number of oxime groups is 1. The summed E-state index contributed by atoms with van der Waals surface area (Å²) in [6.45, 7) is 6.04. The number of aromatic nitrogens is 1. The maximum atomic E-state index is 9.08. The van der Waals surface area contributed by atoms with E-state index < -0.39 is 0 Å². The van der Waals surface area contributed by atoms with E-state index in [-0.39, 0.29) is 0 Å². The fourth-order valence-electron chi connectivity index (χ4n) is 3.91. The lowest BCUT2D eigenvalue weighted by Gasteiger charge is -2.30. The van der Waals surface area contributed by atoms with Crippen LogP contribution in [0.1, 0.15) is 36.6 Å². The molecule has 1 aliphatic heterocycles. The second-order valence-corrected chi connectivity index (χ2v) is 9.00. The van der Waals surface area contributed by atoms with Crippen LogP contribution in [0, 0.1) is 17.8 Å². The minimum atomic E-state index is 0.593. The third-order valence-corrected chi connectivity index (χ3v) is 6.28. The summed E-state index contributed by atoms with van der Waals surface area (Å²) < 4.78 is 5.99. The van der Waals surface area contributed by atoms with E-state index >= 15 is 0 Å². The standard InChI is InChI=1S/C28H28ClN3O2/c1-21-12-14-32(15-13-21)16-17-34-28-11-3-22(18-25(28)20-31-33)2-9-27-10-6-24(19-30-27)23-4-7-26(29)8-5-23/h3-8,10-11,18-21,33H,12-17H2,1H3. The largest absolute Gasteiger partial charge is 0.492 e. The van der Waals surface area contributed by atoms with Gasteiger partial charge in [0.1, 0.15) is 18.1 Å². The maximum absolute atomic E-state index is 9.08. The van der Waals surface area contributed by atoms with Crippen molar-refractivity contribution in [2.75, 3.05) is 26.2 Å². The van der Waals surface area contributed by atoms with Crippen molar-refractivity contribution < 1.29 is 9.94 Å². The van der Waals surface area contributed by atoms with E-state index in [1.54, 1.807) is 6.20 Å². The number of benzene rings is 2. The molecule has 2 aromatic carbocycles. The Morgan fingerprint density at radius 3 is 2.56 bits per heavy atom. The number of likely N-dealkylation sites (tertiary alicyclic amines) is 1. The number of pyridine rings is 1. The highest BCUT2D eigenvalue weighted by Crippen LogP contribution is 2.22. The number of halogens is 1. The normalized spacial score (nSPS) is 14.6. The molecule has 0 amide bonds. The van der Waals surface area contributed by atoms with Crippen LogP contribution in [0.2, 0.25) is 5.02 Å². The molecule has 0 bridgehead atoms. The molecule has 1 saturated heterocycles. The van der Waals surface area contributed by atoms with E-state index in [9.17, 15) is 0 Å². The van der Waals surface area contributed by atoms with Crippen LogP contribution in [0.25, 0.3) is 11.1 Å². The van der Waals surface area contributed by atoms with Gasteiger partial charge in [0.15, 0.2) is 0 Å². The smallest absolute Gasteiger partial charge is 0.128 e. The molecule has 0 unspecified atom stereocenters. The van der Waals surface area contributed by atoms with Crippen LogP contribution in [0.15, 0.2) is 65.9 Å². The van der Waals surface area contributed by atoms with Gasteiger partial charge in [0.2, 0.25) is 0 Å². The van der Waals surface area contributed by atoms with Gasteiger partial charge in [-0.15, -0.1) is 0 Å². The Morgan fingerprint density at radius 2 is 1.85 bits per heavy atom. The van der Waals surface area contributed by atoms with Crippen molar-refractivity contribution in [2.45, 2.75) is 19.8 Å². The highest BCUT2D eigenvalue weighted by atomic mass is 35.5. The van der Waals surface area contributed by atoms with E-state index in [0.29, 0.717) is 28.6 Å². The first-order valence-electron chi connectivity index (χ1n) is 11.5. The van der Waals surface area contributed by atoms with Crippen molar-refractivity contribution in [3.63, 3.8) is 0 Å². The van der Waals surface area contributed by atoms with Gasteiger partial charge >= 0.3 is 0 Å². The molecule has 4 rings (SSSR count). The number of hydrogen-bond acceptors (Lipinski definition) is 5. The lowest BCUT2D eigenvalue weighted by Crippen LogP contribution is -2.35. The Balaban J connectivity index is 1.40. The van der Waals surface area contributed by atoms with Gasteiger partial charge in [-0.2, -0.15) is 0 Å².